The van der Waals surface area contributed by atoms with Crippen LogP contribution in [-0.2, 0) is 22.3 Å². The molecule has 130 valence electrons. The SMILES string of the molecule is CNS(=O)(=O)Cc1ccc(CN[C@H](C)c2cccc(C)c2C)cc1. The number of hydrogen-bond acceptors (Lipinski definition) is 3. The van der Waals surface area contributed by atoms with E-state index in [9.17, 15) is 8.42 Å². The lowest BCUT2D eigenvalue weighted by Gasteiger charge is -2.18. The maximum atomic E-state index is 11.6. The molecule has 0 radical (unpaired) electrons. The van der Waals surface area contributed by atoms with Gasteiger partial charge in [-0.1, -0.05) is 42.5 Å². The molecule has 2 aromatic carbocycles. The highest BCUT2D eigenvalue weighted by atomic mass is 32.2. The maximum Gasteiger partial charge on any atom is 0.215 e. The quantitative estimate of drug-likeness (QED) is 0.809. The third-order valence-electron chi connectivity index (χ3n) is 4.42. The van der Waals surface area contributed by atoms with Crippen LogP contribution >= 0.6 is 0 Å². The van der Waals surface area contributed by atoms with E-state index < -0.39 is 10.0 Å². The summed E-state index contributed by atoms with van der Waals surface area (Å²) >= 11 is 0. The Kier molecular flexibility index (Phi) is 6.15. The minimum Gasteiger partial charge on any atom is -0.306 e. The zero-order valence-electron chi connectivity index (χ0n) is 14.8. The molecule has 0 aliphatic heterocycles. The van der Waals surface area contributed by atoms with Gasteiger partial charge in [0.25, 0.3) is 0 Å². The summed E-state index contributed by atoms with van der Waals surface area (Å²) in [6.07, 6.45) is 0. The first-order chi connectivity index (χ1) is 11.3. The summed E-state index contributed by atoms with van der Waals surface area (Å²) in [6, 6.07) is 14.3. The molecule has 0 aliphatic rings. The fraction of sp³-hybridized carbons (Fsp3) is 0.368. The van der Waals surface area contributed by atoms with Crippen molar-refractivity contribution in [3.63, 3.8) is 0 Å². The number of sulfonamides is 1. The van der Waals surface area contributed by atoms with E-state index in [-0.39, 0.29) is 11.8 Å². The summed E-state index contributed by atoms with van der Waals surface area (Å²) in [6.45, 7) is 7.19. The normalized spacial score (nSPS) is 13.0. The Balaban J connectivity index is 1.98. The minimum atomic E-state index is -3.22. The third kappa shape index (κ3) is 4.90. The van der Waals surface area contributed by atoms with Gasteiger partial charge in [0.2, 0.25) is 10.0 Å². The highest BCUT2D eigenvalue weighted by molar-refractivity contribution is 7.88. The third-order valence-corrected chi connectivity index (χ3v) is 5.75. The molecule has 0 spiro atoms. The average Bonchev–Trinajstić information content (AvgIpc) is 2.56. The molecule has 2 rings (SSSR count). The molecule has 0 heterocycles. The second-order valence-electron chi connectivity index (χ2n) is 6.17. The molecule has 0 aromatic heterocycles. The Hall–Kier alpha value is -1.69. The largest absolute Gasteiger partial charge is 0.306 e. The molecule has 0 aliphatic carbocycles. The minimum absolute atomic E-state index is 0.0100. The lowest BCUT2D eigenvalue weighted by Crippen LogP contribution is -2.20. The smallest absolute Gasteiger partial charge is 0.215 e. The second-order valence-corrected chi connectivity index (χ2v) is 8.10. The Labute approximate surface area is 145 Å². The molecule has 2 aromatic rings. The van der Waals surface area contributed by atoms with Crippen LogP contribution < -0.4 is 10.0 Å². The summed E-state index contributed by atoms with van der Waals surface area (Å²) < 4.78 is 25.5. The first-order valence-corrected chi connectivity index (χ1v) is 9.76. The molecule has 5 heteroatoms. The van der Waals surface area contributed by atoms with Crippen molar-refractivity contribution in [3.05, 3.63) is 70.3 Å². The predicted molar refractivity (Wildman–Crippen MR) is 99.3 cm³/mol. The topological polar surface area (TPSA) is 58.2 Å². The van der Waals surface area contributed by atoms with Crippen LogP contribution in [0.25, 0.3) is 0 Å². The first kappa shape index (κ1) is 18.6. The summed E-state index contributed by atoms with van der Waals surface area (Å²) in [5.74, 6) is 0.0100. The van der Waals surface area contributed by atoms with Crippen molar-refractivity contribution < 1.29 is 8.42 Å². The molecule has 24 heavy (non-hydrogen) atoms. The summed E-state index contributed by atoms with van der Waals surface area (Å²) in [4.78, 5) is 0. The van der Waals surface area contributed by atoms with Gasteiger partial charge in [0, 0.05) is 12.6 Å². The van der Waals surface area contributed by atoms with E-state index in [4.69, 9.17) is 0 Å². The Morgan fingerprint density at radius 1 is 1.00 bits per heavy atom. The second kappa shape index (κ2) is 7.92. The highest BCUT2D eigenvalue weighted by Gasteiger charge is 2.10. The molecule has 0 saturated heterocycles. The van der Waals surface area contributed by atoms with Gasteiger partial charge in [0.05, 0.1) is 5.75 Å². The highest BCUT2D eigenvalue weighted by Crippen LogP contribution is 2.20. The van der Waals surface area contributed by atoms with Crippen LogP contribution in [0, 0.1) is 13.8 Å². The van der Waals surface area contributed by atoms with Crippen molar-refractivity contribution in [2.75, 3.05) is 7.05 Å². The van der Waals surface area contributed by atoms with Gasteiger partial charge in [0.15, 0.2) is 0 Å². The molecule has 2 N–H and O–H groups in total. The van der Waals surface area contributed by atoms with E-state index >= 15 is 0 Å². The number of benzene rings is 2. The summed E-state index contributed by atoms with van der Waals surface area (Å²) in [5.41, 5.74) is 5.86. The molecular formula is C19H26N2O2S. The molecule has 0 unspecified atom stereocenters. The standard InChI is InChI=1S/C19H26N2O2S/c1-14-6-5-7-19(15(14)2)16(3)21-12-17-8-10-18(11-9-17)13-24(22,23)20-4/h5-11,16,20-21H,12-13H2,1-4H3/t16-/m1/s1. The molecular weight excluding hydrogens is 320 g/mol. The predicted octanol–water partition coefficient (Wildman–Crippen LogP) is 3.20. The molecule has 0 saturated carbocycles. The van der Waals surface area contributed by atoms with Gasteiger partial charge in [-0.25, -0.2) is 13.1 Å². The molecule has 4 nitrogen and oxygen atoms in total. The van der Waals surface area contributed by atoms with Crippen molar-refractivity contribution in [1.82, 2.24) is 10.0 Å². The van der Waals surface area contributed by atoms with Crippen LogP contribution in [0.1, 0.15) is 40.8 Å². The average molecular weight is 346 g/mol. The zero-order valence-corrected chi connectivity index (χ0v) is 15.6. The summed E-state index contributed by atoms with van der Waals surface area (Å²) in [5, 5.41) is 3.53. The molecule has 0 bridgehead atoms. The van der Waals surface area contributed by atoms with Crippen LogP contribution in [0.4, 0.5) is 0 Å². The van der Waals surface area contributed by atoms with E-state index in [0.29, 0.717) is 0 Å². The van der Waals surface area contributed by atoms with E-state index in [1.807, 2.05) is 24.3 Å². The fourth-order valence-electron chi connectivity index (χ4n) is 2.67. The van der Waals surface area contributed by atoms with Gasteiger partial charge < -0.3 is 5.32 Å². The Morgan fingerprint density at radius 3 is 2.25 bits per heavy atom. The maximum absolute atomic E-state index is 11.6. The molecule has 0 amide bonds. The number of aryl methyl sites for hydroxylation is 1. The van der Waals surface area contributed by atoms with Crippen LogP contribution in [0.3, 0.4) is 0 Å². The van der Waals surface area contributed by atoms with Crippen molar-refractivity contribution in [3.8, 4) is 0 Å². The first-order valence-electron chi connectivity index (χ1n) is 8.11. The van der Waals surface area contributed by atoms with E-state index in [0.717, 1.165) is 17.7 Å². The van der Waals surface area contributed by atoms with E-state index in [1.54, 1.807) is 0 Å². The number of hydrogen-bond donors (Lipinski definition) is 2. The van der Waals surface area contributed by atoms with Gasteiger partial charge in [-0.05, 0) is 55.6 Å². The van der Waals surface area contributed by atoms with E-state index in [1.165, 1.54) is 23.7 Å². The van der Waals surface area contributed by atoms with Crippen molar-refractivity contribution >= 4 is 10.0 Å². The lowest BCUT2D eigenvalue weighted by molar-refractivity contribution is 0.571. The lowest BCUT2D eigenvalue weighted by atomic mass is 9.98. The van der Waals surface area contributed by atoms with Gasteiger partial charge in [0.1, 0.15) is 0 Å². The van der Waals surface area contributed by atoms with Gasteiger partial charge >= 0.3 is 0 Å². The molecule has 1 atom stereocenters. The number of nitrogens with one attached hydrogen (secondary N) is 2. The van der Waals surface area contributed by atoms with Crippen LogP contribution in [0.15, 0.2) is 42.5 Å². The van der Waals surface area contributed by atoms with Crippen LogP contribution in [0.2, 0.25) is 0 Å². The monoisotopic (exact) mass is 346 g/mol. The van der Waals surface area contributed by atoms with Gasteiger partial charge in [-0.15, -0.1) is 0 Å². The Morgan fingerprint density at radius 2 is 1.62 bits per heavy atom. The van der Waals surface area contributed by atoms with E-state index in [2.05, 4.69) is 49.0 Å². The van der Waals surface area contributed by atoms with Gasteiger partial charge in [-0.3, -0.25) is 0 Å². The molecule has 0 fully saturated rings. The van der Waals surface area contributed by atoms with Crippen molar-refractivity contribution in [2.45, 2.75) is 39.1 Å². The Bertz CT molecular complexity index is 784. The van der Waals surface area contributed by atoms with Crippen LogP contribution in [0.5, 0.6) is 0 Å². The van der Waals surface area contributed by atoms with Crippen molar-refractivity contribution in [2.24, 2.45) is 0 Å². The number of rotatable bonds is 7. The fourth-order valence-corrected chi connectivity index (χ4v) is 3.44. The van der Waals surface area contributed by atoms with Crippen LogP contribution in [-0.4, -0.2) is 15.5 Å². The summed E-state index contributed by atoms with van der Waals surface area (Å²) in [7, 11) is -1.79. The van der Waals surface area contributed by atoms with Crippen molar-refractivity contribution in [1.29, 1.82) is 0 Å². The van der Waals surface area contributed by atoms with Gasteiger partial charge in [-0.2, -0.15) is 0 Å². The zero-order chi connectivity index (χ0) is 17.7.